The number of ether oxygens (including phenoxy) is 1. The highest BCUT2D eigenvalue weighted by molar-refractivity contribution is 5.83. The summed E-state index contributed by atoms with van der Waals surface area (Å²) in [5, 5.41) is 5.64. The molecular formula is C33H35N5O5. The van der Waals surface area contributed by atoms with Gasteiger partial charge in [0, 0.05) is 73.2 Å². The van der Waals surface area contributed by atoms with Crippen molar-refractivity contribution < 1.29 is 18.8 Å². The van der Waals surface area contributed by atoms with Gasteiger partial charge in [-0.15, -0.1) is 0 Å². The molecule has 0 spiro atoms. The van der Waals surface area contributed by atoms with E-state index in [0.717, 1.165) is 23.8 Å². The Balaban J connectivity index is 1.20. The van der Waals surface area contributed by atoms with Crippen LogP contribution in [-0.2, 0) is 16.1 Å². The molecule has 0 bridgehead atoms. The first-order valence-electron chi connectivity index (χ1n) is 15.1. The van der Waals surface area contributed by atoms with Crippen LogP contribution < -0.4 is 10.3 Å². The maximum Gasteiger partial charge on any atom is 0.258 e. The molecule has 0 radical (unpaired) electrons. The summed E-state index contributed by atoms with van der Waals surface area (Å²) in [7, 11) is 0. The minimum Gasteiger partial charge on any atom is -0.457 e. The molecule has 222 valence electrons. The third-order valence-corrected chi connectivity index (χ3v) is 8.72. The number of amides is 2. The Morgan fingerprint density at radius 2 is 1.84 bits per heavy atom. The van der Waals surface area contributed by atoms with Crippen molar-refractivity contribution in [2.45, 2.75) is 71.0 Å². The van der Waals surface area contributed by atoms with Gasteiger partial charge >= 0.3 is 0 Å². The predicted octanol–water partition coefficient (Wildman–Crippen LogP) is 5.27. The monoisotopic (exact) mass is 581 g/mol. The molecule has 4 heterocycles. The van der Waals surface area contributed by atoms with Crippen molar-refractivity contribution in [3.05, 3.63) is 70.4 Å². The topological polar surface area (TPSA) is 111 Å². The second kappa shape index (κ2) is 10.7. The Bertz CT molecular complexity index is 1790. The highest BCUT2D eigenvalue weighted by atomic mass is 16.5. The van der Waals surface area contributed by atoms with Crippen molar-refractivity contribution in [2.75, 3.05) is 13.1 Å². The molecule has 7 rings (SSSR count). The number of pyridine rings is 1. The van der Waals surface area contributed by atoms with Crippen molar-refractivity contribution >= 4 is 22.6 Å². The van der Waals surface area contributed by atoms with Gasteiger partial charge in [-0.25, -0.2) is 0 Å². The average molecular weight is 582 g/mol. The number of carbonyl (C=O) groups excluding carboxylic acids is 2. The molecular weight excluding hydrogens is 546 g/mol. The van der Waals surface area contributed by atoms with Crippen molar-refractivity contribution in [1.82, 2.24) is 24.5 Å². The molecule has 1 aliphatic carbocycles. The molecule has 4 aromatic rings. The van der Waals surface area contributed by atoms with E-state index in [9.17, 15) is 14.4 Å². The van der Waals surface area contributed by atoms with Crippen molar-refractivity contribution in [3.8, 4) is 23.0 Å². The van der Waals surface area contributed by atoms with Crippen LogP contribution in [0.2, 0.25) is 0 Å². The first-order chi connectivity index (χ1) is 20.7. The lowest BCUT2D eigenvalue weighted by molar-refractivity contribution is -0.129. The molecule has 0 N–H and O–H groups in total. The van der Waals surface area contributed by atoms with Gasteiger partial charge in [0.25, 0.3) is 11.4 Å². The highest BCUT2D eigenvalue weighted by Gasteiger charge is 2.41. The van der Waals surface area contributed by atoms with Crippen LogP contribution in [0.15, 0.2) is 58.0 Å². The normalized spacial score (nSPS) is 20.7. The van der Waals surface area contributed by atoms with Gasteiger partial charge in [-0.2, -0.15) is 4.98 Å². The van der Waals surface area contributed by atoms with Gasteiger partial charge in [0.15, 0.2) is 5.82 Å². The van der Waals surface area contributed by atoms with Crippen LogP contribution in [0.1, 0.15) is 69.8 Å². The Hall–Kier alpha value is -4.47. The molecule has 2 atom stereocenters. The summed E-state index contributed by atoms with van der Waals surface area (Å²) in [4.78, 5) is 46.5. The summed E-state index contributed by atoms with van der Waals surface area (Å²) in [6.45, 7) is 7.78. The second-order valence-electron chi connectivity index (χ2n) is 12.5. The first-order valence-corrected chi connectivity index (χ1v) is 15.1. The fourth-order valence-corrected chi connectivity index (χ4v) is 6.24. The fourth-order valence-electron chi connectivity index (χ4n) is 6.24. The molecule has 2 saturated heterocycles. The summed E-state index contributed by atoms with van der Waals surface area (Å²) in [6.07, 6.45) is 4.88. The number of hydrogen-bond acceptors (Lipinski definition) is 7. The van der Waals surface area contributed by atoms with Crippen molar-refractivity contribution in [1.29, 1.82) is 0 Å². The first kappa shape index (κ1) is 27.4. The zero-order valence-corrected chi connectivity index (χ0v) is 24.7. The van der Waals surface area contributed by atoms with Gasteiger partial charge in [0.2, 0.25) is 11.8 Å². The van der Waals surface area contributed by atoms with Gasteiger partial charge in [0.1, 0.15) is 11.5 Å². The Morgan fingerprint density at radius 3 is 2.58 bits per heavy atom. The van der Waals surface area contributed by atoms with E-state index >= 15 is 0 Å². The maximum absolute atomic E-state index is 13.0. The fraction of sp³-hybridized carbons (Fsp3) is 0.424. The second-order valence-corrected chi connectivity index (χ2v) is 12.5. The molecule has 10 nitrogen and oxygen atoms in total. The van der Waals surface area contributed by atoms with Gasteiger partial charge in [-0.3, -0.25) is 14.4 Å². The number of carbonyl (C=O) groups is 2. The van der Waals surface area contributed by atoms with Crippen LogP contribution in [0.3, 0.4) is 0 Å². The summed E-state index contributed by atoms with van der Waals surface area (Å²) >= 11 is 0. The lowest BCUT2D eigenvalue weighted by Gasteiger charge is -2.19. The maximum atomic E-state index is 13.0. The van der Waals surface area contributed by atoms with Crippen molar-refractivity contribution in [3.63, 3.8) is 0 Å². The molecule has 2 aromatic carbocycles. The molecule has 3 aliphatic rings. The van der Waals surface area contributed by atoms with Crippen LogP contribution in [0, 0.1) is 5.92 Å². The van der Waals surface area contributed by atoms with E-state index in [2.05, 4.69) is 17.1 Å². The molecule has 3 fully saturated rings. The van der Waals surface area contributed by atoms with Crippen LogP contribution in [0.5, 0.6) is 11.5 Å². The number of aromatic nitrogens is 3. The van der Waals surface area contributed by atoms with Crippen LogP contribution in [0.4, 0.5) is 0 Å². The molecule has 2 amide bonds. The summed E-state index contributed by atoms with van der Waals surface area (Å²) < 4.78 is 13.8. The molecule has 43 heavy (non-hydrogen) atoms. The largest absolute Gasteiger partial charge is 0.457 e. The lowest BCUT2D eigenvalue weighted by atomic mass is 10.1. The standard InChI is InChI=1S/C33H35N5O5/c1-19(2)37-11-10-21-13-26(8-9-27(21)33(37)41)42-28-14-22(4-5-23(28)17-36-16-20(3)12-29(36)39)32-34-31(35-43-32)24-15-30(40)38(18-24)25-6-7-25/h4-5,8-11,13-14,19-20,24-25H,6-7,12,15-18H2,1-3H3. The van der Waals surface area contributed by atoms with Gasteiger partial charge in [-0.05, 0) is 74.4 Å². The highest BCUT2D eigenvalue weighted by Crippen LogP contribution is 2.37. The van der Waals surface area contributed by atoms with Crippen LogP contribution in [0.25, 0.3) is 22.2 Å². The summed E-state index contributed by atoms with van der Waals surface area (Å²) in [6, 6.07) is 13.5. The number of rotatable bonds is 8. The smallest absolute Gasteiger partial charge is 0.258 e. The number of nitrogens with zero attached hydrogens (tertiary/aromatic N) is 5. The molecule has 1 saturated carbocycles. The Kier molecular flexibility index (Phi) is 6.79. The number of hydrogen-bond donors (Lipinski definition) is 0. The summed E-state index contributed by atoms with van der Waals surface area (Å²) in [5.74, 6) is 2.53. The SMILES string of the molecule is CC1CC(=O)N(Cc2ccc(-c3nc(C4CC(=O)N(C5CC5)C4)no3)cc2Oc2ccc3c(=O)n(C(C)C)ccc3c2)C1. The van der Waals surface area contributed by atoms with E-state index in [1.54, 1.807) is 22.9 Å². The van der Waals surface area contributed by atoms with E-state index in [0.29, 0.717) is 78.6 Å². The minimum absolute atomic E-state index is 0.0418. The average Bonchev–Trinajstić information content (AvgIpc) is 3.41. The molecule has 2 aromatic heterocycles. The zero-order chi connectivity index (χ0) is 29.8. The van der Waals surface area contributed by atoms with Crippen LogP contribution in [-0.4, -0.2) is 55.5 Å². The van der Waals surface area contributed by atoms with E-state index in [1.807, 2.05) is 54.0 Å². The van der Waals surface area contributed by atoms with Crippen LogP contribution >= 0.6 is 0 Å². The predicted molar refractivity (Wildman–Crippen MR) is 160 cm³/mol. The van der Waals surface area contributed by atoms with Gasteiger partial charge in [0.05, 0.1) is 0 Å². The Morgan fingerprint density at radius 1 is 1.00 bits per heavy atom. The number of benzene rings is 2. The molecule has 2 aliphatic heterocycles. The molecule has 10 heteroatoms. The minimum atomic E-state index is -0.0818. The van der Waals surface area contributed by atoms with Gasteiger partial charge in [-0.1, -0.05) is 18.1 Å². The van der Waals surface area contributed by atoms with E-state index in [4.69, 9.17) is 9.26 Å². The van der Waals surface area contributed by atoms with E-state index in [-0.39, 0.29) is 29.3 Å². The Labute approximate surface area is 249 Å². The van der Waals surface area contributed by atoms with Crippen molar-refractivity contribution in [2.24, 2.45) is 5.92 Å². The summed E-state index contributed by atoms with van der Waals surface area (Å²) in [5.41, 5.74) is 1.49. The zero-order valence-electron chi connectivity index (χ0n) is 24.7. The quantitative estimate of drug-likeness (QED) is 0.279. The number of fused-ring (bicyclic) bond motifs is 1. The van der Waals surface area contributed by atoms with Gasteiger partial charge < -0.3 is 23.6 Å². The number of likely N-dealkylation sites (tertiary alicyclic amines) is 2. The molecule has 2 unspecified atom stereocenters. The third-order valence-electron chi connectivity index (χ3n) is 8.72. The lowest BCUT2D eigenvalue weighted by Crippen LogP contribution is -2.27. The van der Waals surface area contributed by atoms with E-state index < -0.39 is 0 Å². The van der Waals surface area contributed by atoms with E-state index in [1.165, 1.54) is 0 Å². The third kappa shape index (κ3) is 5.30.